The van der Waals surface area contributed by atoms with Crippen molar-refractivity contribution < 1.29 is 4.42 Å². The van der Waals surface area contributed by atoms with Crippen molar-refractivity contribution in [3.63, 3.8) is 0 Å². The van der Waals surface area contributed by atoms with E-state index in [0.717, 1.165) is 49.8 Å². The Bertz CT molecular complexity index is 3480. The van der Waals surface area contributed by atoms with Crippen LogP contribution in [0.25, 0.3) is 97.4 Å². The molecule has 0 N–H and O–H groups in total. The van der Waals surface area contributed by atoms with Crippen LogP contribution in [0, 0.1) is 0 Å². The number of furan rings is 1. The van der Waals surface area contributed by atoms with Crippen LogP contribution >= 0.6 is 11.3 Å². The molecule has 0 aliphatic rings. The third-order valence-corrected chi connectivity index (χ3v) is 13.2. The number of rotatable bonds is 7. The third kappa shape index (κ3) is 6.01. The standard InChI is InChI=1S/C58H37NOS/c1-3-14-38(15-4-1)40-26-31-43(32-27-40)59(44-33-28-41(29-34-44)39-16-5-2-6-17-39)53-23-13-24-54-57(53)52-37-51(47-20-9-10-22-50(47)58(52)60-54)46-19-8-7-18-45(46)42-30-35-49-48-21-11-12-25-55(48)61-56(49)36-42/h1-37H. The van der Waals surface area contributed by atoms with Gasteiger partial charge in [-0.2, -0.15) is 0 Å². The van der Waals surface area contributed by atoms with Crippen molar-refractivity contribution in [2.75, 3.05) is 4.90 Å². The largest absolute Gasteiger partial charge is 0.455 e. The summed E-state index contributed by atoms with van der Waals surface area (Å²) in [7, 11) is 0. The SMILES string of the molecule is c1ccc(-c2ccc(N(c3ccc(-c4ccccc4)cc3)c3cccc4oc5c6ccccc6c(-c6ccccc6-c6ccc7c(c6)sc6ccccc67)cc5c34)cc2)cc1. The fourth-order valence-electron chi connectivity index (χ4n) is 9.20. The normalized spacial score (nSPS) is 11.6. The summed E-state index contributed by atoms with van der Waals surface area (Å²) >= 11 is 1.86. The number of anilines is 3. The second-order valence-corrected chi connectivity index (χ2v) is 16.7. The maximum absolute atomic E-state index is 6.94. The molecule has 0 bridgehead atoms. The van der Waals surface area contributed by atoms with Crippen LogP contribution < -0.4 is 4.90 Å². The molecule has 0 unspecified atom stereocenters. The summed E-state index contributed by atoms with van der Waals surface area (Å²) in [6, 6.07) is 81.0. The van der Waals surface area contributed by atoms with Crippen LogP contribution in [0.1, 0.15) is 0 Å². The van der Waals surface area contributed by atoms with Gasteiger partial charge in [-0.1, -0.05) is 170 Å². The first-order valence-corrected chi connectivity index (χ1v) is 21.6. The van der Waals surface area contributed by atoms with Crippen LogP contribution in [0.15, 0.2) is 229 Å². The lowest BCUT2D eigenvalue weighted by molar-refractivity contribution is 0.672. The second-order valence-electron chi connectivity index (χ2n) is 15.6. The molecule has 0 saturated carbocycles. The molecule has 286 valence electrons. The van der Waals surface area contributed by atoms with Crippen molar-refractivity contribution in [1.82, 2.24) is 0 Å². The lowest BCUT2D eigenvalue weighted by Gasteiger charge is -2.26. The fourth-order valence-corrected chi connectivity index (χ4v) is 10.3. The van der Waals surface area contributed by atoms with Gasteiger partial charge in [-0.15, -0.1) is 11.3 Å². The quantitative estimate of drug-likeness (QED) is 0.160. The third-order valence-electron chi connectivity index (χ3n) is 12.1. The summed E-state index contributed by atoms with van der Waals surface area (Å²) in [6.45, 7) is 0. The average Bonchev–Trinajstić information content (AvgIpc) is 3.91. The van der Waals surface area contributed by atoms with E-state index in [2.05, 4.69) is 229 Å². The lowest BCUT2D eigenvalue weighted by atomic mass is 9.89. The fraction of sp³-hybridized carbons (Fsp3) is 0. The van der Waals surface area contributed by atoms with E-state index >= 15 is 0 Å². The average molecular weight is 796 g/mol. The number of hydrogen-bond donors (Lipinski definition) is 0. The van der Waals surface area contributed by atoms with Gasteiger partial charge in [-0.25, -0.2) is 0 Å². The van der Waals surface area contributed by atoms with Gasteiger partial charge < -0.3 is 9.32 Å². The van der Waals surface area contributed by atoms with E-state index in [1.54, 1.807) is 0 Å². The van der Waals surface area contributed by atoms with E-state index in [-0.39, 0.29) is 0 Å². The predicted octanol–water partition coefficient (Wildman–Crippen LogP) is 17.2. The van der Waals surface area contributed by atoms with E-state index < -0.39 is 0 Å². The zero-order valence-electron chi connectivity index (χ0n) is 33.1. The van der Waals surface area contributed by atoms with Gasteiger partial charge in [0.1, 0.15) is 11.2 Å². The summed E-state index contributed by atoms with van der Waals surface area (Å²) in [5, 5.41) is 7.04. The minimum absolute atomic E-state index is 0.852. The molecule has 2 aromatic heterocycles. The first-order chi connectivity index (χ1) is 30.2. The molecular weight excluding hydrogens is 759 g/mol. The molecule has 2 nitrogen and oxygen atoms in total. The number of hydrogen-bond acceptors (Lipinski definition) is 3. The highest BCUT2D eigenvalue weighted by atomic mass is 32.1. The zero-order chi connectivity index (χ0) is 40.3. The highest BCUT2D eigenvalue weighted by molar-refractivity contribution is 7.25. The summed E-state index contributed by atoms with van der Waals surface area (Å²) in [5.41, 5.74) is 14.5. The van der Waals surface area contributed by atoms with Crippen LogP contribution in [0.5, 0.6) is 0 Å². The van der Waals surface area contributed by atoms with Gasteiger partial charge in [-0.3, -0.25) is 0 Å². The monoisotopic (exact) mass is 795 g/mol. The molecule has 12 rings (SSSR count). The molecule has 0 radical (unpaired) electrons. The highest BCUT2D eigenvalue weighted by Crippen LogP contribution is 2.48. The van der Waals surface area contributed by atoms with E-state index in [4.69, 9.17) is 4.42 Å². The van der Waals surface area contributed by atoms with E-state index in [1.807, 2.05) is 11.3 Å². The summed E-state index contributed by atoms with van der Waals surface area (Å²) < 4.78 is 9.55. The van der Waals surface area contributed by atoms with Gasteiger partial charge in [0.05, 0.1) is 11.1 Å². The molecule has 61 heavy (non-hydrogen) atoms. The molecule has 0 aliphatic heterocycles. The number of nitrogens with zero attached hydrogens (tertiary/aromatic N) is 1. The Morgan fingerprint density at radius 3 is 1.56 bits per heavy atom. The molecule has 10 aromatic carbocycles. The molecular formula is C58H37NOS. The molecule has 0 saturated heterocycles. The molecule has 2 heterocycles. The Morgan fingerprint density at radius 2 is 0.869 bits per heavy atom. The van der Waals surface area contributed by atoms with E-state index in [1.165, 1.54) is 64.7 Å². The molecule has 3 heteroatoms. The number of benzene rings is 10. The highest BCUT2D eigenvalue weighted by Gasteiger charge is 2.23. The maximum atomic E-state index is 6.94. The van der Waals surface area contributed by atoms with E-state index in [9.17, 15) is 0 Å². The zero-order valence-corrected chi connectivity index (χ0v) is 33.9. The lowest BCUT2D eigenvalue weighted by Crippen LogP contribution is -2.10. The number of thiophene rings is 1. The Labute approximate surface area is 357 Å². The summed E-state index contributed by atoms with van der Waals surface area (Å²) in [4.78, 5) is 2.38. The van der Waals surface area contributed by atoms with Crippen molar-refractivity contribution in [1.29, 1.82) is 0 Å². The van der Waals surface area contributed by atoms with Crippen LogP contribution in [-0.2, 0) is 0 Å². The maximum Gasteiger partial charge on any atom is 0.143 e. The Hall–Kier alpha value is -7.72. The van der Waals surface area contributed by atoms with Crippen LogP contribution in [0.3, 0.4) is 0 Å². The summed E-state index contributed by atoms with van der Waals surface area (Å²) in [6.07, 6.45) is 0. The molecule has 12 aromatic rings. The van der Waals surface area contributed by atoms with Gasteiger partial charge in [0, 0.05) is 42.3 Å². The smallest absolute Gasteiger partial charge is 0.143 e. The van der Waals surface area contributed by atoms with Crippen molar-refractivity contribution in [2.45, 2.75) is 0 Å². The van der Waals surface area contributed by atoms with Gasteiger partial charge in [0.2, 0.25) is 0 Å². The Kier molecular flexibility index (Phi) is 8.39. The predicted molar refractivity (Wildman–Crippen MR) is 261 cm³/mol. The summed E-state index contributed by atoms with van der Waals surface area (Å²) in [5.74, 6) is 0. The second kappa shape index (κ2) is 14.5. The van der Waals surface area contributed by atoms with E-state index in [0.29, 0.717) is 0 Å². The van der Waals surface area contributed by atoms with Gasteiger partial charge in [-0.05, 0) is 104 Å². The van der Waals surface area contributed by atoms with Gasteiger partial charge in [0.15, 0.2) is 0 Å². The van der Waals surface area contributed by atoms with Crippen molar-refractivity contribution in [3.05, 3.63) is 224 Å². The minimum Gasteiger partial charge on any atom is -0.455 e. The van der Waals surface area contributed by atoms with Gasteiger partial charge >= 0.3 is 0 Å². The Morgan fingerprint density at radius 1 is 0.328 bits per heavy atom. The molecule has 0 amide bonds. The van der Waals surface area contributed by atoms with Crippen LogP contribution in [-0.4, -0.2) is 0 Å². The number of fused-ring (bicyclic) bond motifs is 8. The topological polar surface area (TPSA) is 16.4 Å². The van der Waals surface area contributed by atoms with Crippen LogP contribution in [0.4, 0.5) is 17.1 Å². The van der Waals surface area contributed by atoms with Crippen molar-refractivity contribution in [2.24, 2.45) is 0 Å². The van der Waals surface area contributed by atoms with Gasteiger partial charge in [0.25, 0.3) is 0 Å². The first-order valence-electron chi connectivity index (χ1n) is 20.7. The Balaban J connectivity index is 1.07. The molecule has 0 atom stereocenters. The van der Waals surface area contributed by atoms with Crippen LogP contribution in [0.2, 0.25) is 0 Å². The molecule has 0 spiro atoms. The van der Waals surface area contributed by atoms with Crippen molar-refractivity contribution in [3.8, 4) is 44.5 Å². The molecule has 0 aliphatic carbocycles. The van der Waals surface area contributed by atoms with Crippen molar-refractivity contribution >= 4 is 81.3 Å². The minimum atomic E-state index is 0.852. The molecule has 0 fully saturated rings. The first kappa shape index (κ1) is 35.2.